The molecule has 0 bridgehead atoms. The highest BCUT2D eigenvalue weighted by Gasteiger charge is 2.50. The molecule has 5 nitrogen and oxygen atoms in total. The molecule has 1 saturated heterocycles. The zero-order valence-corrected chi connectivity index (χ0v) is 11.5. The van der Waals surface area contributed by atoms with Gasteiger partial charge in [-0.05, 0) is 25.7 Å². The van der Waals surface area contributed by atoms with E-state index in [1.807, 2.05) is 25.8 Å². The molecule has 19 heavy (non-hydrogen) atoms. The minimum Gasteiger partial charge on any atom is -0.393 e. The van der Waals surface area contributed by atoms with Gasteiger partial charge in [-0.25, -0.2) is 4.98 Å². The fourth-order valence-electron chi connectivity index (χ4n) is 3.70. The molecule has 5 heteroatoms. The Bertz CT molecular complexity index is 409. The van der Waals surface area contributed by atoms with Gasteiger partial charge in [0.15, 0.2) is 0 Å². The smallest absolute Gasteiger partial charge is 0.0946 e. The van der Waals surface area contributed by atoms with Crippen LogP contribution in [0.3, 0.4) is 0 Å². The molecule has 0 radical (unpaired) electrons. The standard InChI is InChI=1S/C14H23N3O2/c1-19-14-3-2-12(18)10-13(14)17(6-4-14)9-8-16-7-5-15-11-16/h5,7,11-13,18H,2-4,6,8-10H2,1H3/t12-,13-,14+/m0/s1. The summed E-state index contributed by atoms with van der Waals surface area (Å²) in [6.45, 7) is 3.02. The summed E-state index contributed by atoms with van der Waals surface area (Å²) in [6.07, 6.45) is 9.29. The monoisotopic (exact) mass is 265 g/mol. The molecule has 1 aromatic rings. The van der Waals surface area contributed by atoms with Crippen LogP contribution in [0.25, 0.3) is 0 Å². The summed E-state index contributed by atoms with van der Waals surface area (Å²) >= 11 is 0. The lowest BCUT2D eigenvalue weighted by Gasteiger charge is -2.42. The molecule has 1 aliphatic carbocycles. The SMILES string of the molecule is CO[C@@]12CC[C@H](O)C[C@@H]1N(CCn1ccnc1)CC2. The molecule has 106 valence electrons. The van der Waals surface area contributed by atoms with Crippen LogP contribution in [-0.2, 0) is 11.3 Å². The number of aliphatic hydroxyl groups is 1. The van der Waals surface area contributed by atoms with Crippen molar-refractivity contribution in [2.24, 2.45) is 0 Å². The molecule has 3 rings (SSSR count). The maximum Gasteiger partial charge on any atom is 0.0946 e. The van der Waals surface area contributed by atoms with Crippen LogP contribution in [0, 0.1) is 0 Å². The average molecular weight is 265 g/mol. The third-order valence-corrected chi connectivity index (χ3v) is 4.88. The van der Waals surface area contributed by atoms with Crippen LogP contribution < -0.4 is 0 Å². The van der Waals surface area contributed by atoms with Crippen LogP contribution >= 0.6 is 0 Å². The zero-order chi connectivity index (χ0) is 13.3. The lowest BCUT2D eigenvalue weighted by Crippen LogP contribution is -2.51. The van der Waals surface area contributed by atoms with Gasteiger partial charge in [0, 0.05) is 45.2 Å². The van der Waals surface area contributed by atoms with Crippen molar-refractivity contribution in [1.82, 2.24) is 14.5 Å². The number of likely N-dealkylation sites (tertiary alicyclic amines) is 1. The highest BCUT2D eigenvalue weighted by Crippen LogP contribution is 2.42. The van der Waals surface area contributed by atoms with E-state index in [4.69, 9.17) is 4.74 Å². The van der Waals surface area contributed by atoms with Gasteiger partial charge in [-0.2, -0.15) is 0 Å². The van der Waals surface area contributed by atoms with E-state index >= 15 is 0 Å². The molecule has 1 aromatic heterocycles. The molecule has 1 aliphatic heterocycles. The lowest BCUT2D eigenvalue weighted by atomic mass is 9.79. The third kappa shape index (κ3) is 2.42. The maximum atomic E-state index is 9.94. The highest BCUT2D eigenvalue weighted by atomic mass is 16.5. The zero-order valence-electron chi connectivity index (χ0n) is 11.5. The Morgan fingerprint density at radius 2 is 2.32 bits per heavy atom. The number of fused-ring (bicyclic) bond motifs is 1. The maximum absolute atomic E-state index is 9.94. The molecule has 1 N–H and O–H groups in total. The van der Waals surface area contributed by atoms with Gasteiger partial charge in [-0.1, -0.05) is 0 Å². The van der Waals surface area contributed by atoms with Gasteiger partial charge >= 0.3 is 0 Å². The van der Waals surface area contributed by atoms with E-state index in [9.17, 15) is 5.11 Å². The first kappa shape index (κ1) is 13.1. The molecule has 2 fully saturated rings. The predicted octanol–water partition coefficient (Wildman–Crippen LogP) is 0.887. The lowest BCUT2D eigenvalue weighted by molar-refractivity contribution is -0.0870. The summed E-state index contributed by atoms with van der Waals surface area (Å²) in [5.41, 5.74) is -0.0197. The van der Waals surface area contributed by atoms with Crippen LogP contribution in [0.1, 0.15) is 25.7 Å². The van der Waals surface area contributed by atoms with Crippen molar-refractivity contribution in [3.8, 4) is 0 Å². The van der Waals surface area contributed by atoms with Gasteiger partial charge in [0.2, 0.25) is 0 Å². The van der Waals surface area contributed by atoms with Crippen LogP contribution in [0.15, 0.2) is 18.7 Å². The molecular formula is C14H23N3O2. The fraction of sp³-hybridized carbons (Fsp3) is 0.786. The molecule has 0 unspecified atom stereocenters. The Labute approximate surface area is 114 Å². The molecule has 2 heterocycles. The Balaban J connectivity index is 1.66. The number of ether oxygens (including phenoxy) is 1. The molecule has 0 aromatic carbocycles. The summed E-state index contributed by atoms with van der Waals surface area (Å²) in [5, 5.41) is 9.94. The second kappa shape index (κ2) is 5.23. The first-order chi connectivity index (χ1) is 9.23. The number of aromatic nitrogens is 2. The molecule has 1 saturated carbocycles. The minimum absolute atomic E-state index is 0.0197. The van der Waals surface area contributed by atoms with Crippen molar-refractivity contribution in [3.63, 3.8) is 0 Å². The van der Waals surface area contributed by atoms with E-state index < -0.39 is 0 Å². The molecule has 2 aliphatic rings. The summed E-state index contributed by atoms with van der Waals surface area (Å²) in [4.78, 5) is 6.55. The molecule has 3 atom stereocenters. The fourth-order valence-corrected chi connectivity index (χ4v) is 3.70. The van der Waals surface area contributed by atoms with Crippen molar-refractivity contribution in [2.45, 2.75) is 50.0 Å². The Morgan fingerprint density at radius 1 is 1.42 bits per heavy atom. The number of imidazole rings is 1. The van der Waals surface area contributed by atoms with Gasteiger partial charge in [0.1, 0.15) is 0 Å². The minimum atomic E-state index is -0.165. The van der Waals surface area contributed by atoms with Crippen LogP contribution in [0.4, 0.5) is 0 Å². The summed E-state index contributed by atoms with van der Waals surface area (Å²) in [5.74, 6) is 0. The van der Waals surface area contributed by atoms with Crippen molar-refractivity contribution in [1.29, 1.82) is 0 Å². The van der Waals surface area contributed by atoms with Crippen molar-refractivity contribution in [2.75, 3.05) is 20.2 Å². The first-order valence-corrected chi connectivity index (χ1v) is 7.16. The van der Waals surface area contributed by atoms with Crippen molar-refractivity contribution >= 4 is 0 Å². The van der Waals surface area contributed by atoms with Gasteiger partial charge < -0.3 is 14.4 Å². The molecule has 0 spiro atoms. The van der Waals surface area contributed by atoms with E-state index in [2.05, 4.69) is 14.5 Å². The van der Waals surface area contributed by atoms with E-state index in [1.165, 1.54) is 0 Å². The van der Waals surface area contributed by atoms with Crippen molar-refractivity contribution in [3.05, 3.63) is 18.7 Å². The number of nitrogens with zero attached hydrogens (tertiary/aromatic N) is 3. The number of methoxy groups -OCH3 is 1. The molecule has 0 amide bonds. The number of aliphatic hydroxyl groups excluding tert-OH is 1. The summed E-state index contributed by atoms with van der Waals surface area (Å²) in [6, 6.07) is 0.366. The van der Waals surface area contributed by atoms with Crippen LogP contribution in [0.5, 0.6) is 0 Å². The van der Waals surface area contributed by atoms with Gasteiger partial charge in [0.05, 0.1) is 18.0 Å². The van der Waals surface area contributed by atoms with Crippen LogP contribution in [-0.4, -0.2) is 57.5 Å². The third-order valence-electron chi connectivity index (χ3n) is 4.88. The number of rotatable bonds is 4. The summed E-state index contributed by atoms with van der Waals surface area (Å²) in [7, 11) is 1.82. The first-order valence-electron chi connectivity index (χ1n) is 7.16. The predicted molar refractivity (Wildman–Crippen MR) is 71.8 cm³/mol. The van der Waals surface area contributed by atoms with Gasteiger partial charge in [-0.3, -0.25) is 4.90 Å². The van der Waals surface area contributed by atoms with E-state index in [1.54, 1.807) is 0 Å². The van der Waals surface area contributed by atoms with E-state index in [-0.39, 0.29) is 11.7 Å². The number of hydrogen-bond donors (Lipinski definition) is 1. The topological polar surface area (TPSA) is 50.5 Å². The van der Waals surface area contributed by atoms with E-state index in [0.717, 1.165) is 45.3 Å². The Kier molecular flexibility index (Phi) is 3.60. The highest BCUT2D eigenvalue weighted by molar-refractivity contribution is 5.05. The normalized spacial score (nSPS) is 35.5. The number of hydrogen-bond acceptors (Lipinski definition) is 4. The average Bonchev–Trinajstić information content (AvgIpc) is 3.04. The Hall–Kier alpha value is -0.910. The second-order valence-electron chi connectivity index (χ2n) is 5.80. The van der Waals surface area contributed by atoms with Crippen molar-refractivity contribution < 1.29 is 9.84 Å². The summed E-state index contributed by atoms with van der Waals surface area (Å²) < 4.78 is 7.95. The quantitative estimate of drug-likeness (QED) is 0.878. The Morgan fingerprint density at radius 3 is 3.05 bits per heavy atom. The van der Waals surface area contributed by atoms with E-state index in [0.29, 0.717) is 6.04 Å². The van der Waals surface area contributed by atoms with Gasteiger partial charge in [0.25, 0.3) is 0 Å². The van der Waals surface area contributed by atoms with Crippen LogP contribution in [0.2, 0.25) is 0 Å². The van der Waals surface area contributed by atoms with Gasteiger partial charge in [-0.15, -0.1) is 0 Å². The molecular weight excluding hydrogens is 242 g/mol. The largest absolute Gasteiger partial charge is 0.393 e. The second-order valence-corrected chi connectivity index (χ2v) is 5.80.